The third-order valence-electron chi connectivity index (χ3n) is 3.02. The third kappa shape index (κ3) is 2.00. The molecule has 96 valence electrons. The predicted molar refractivity (Wildman–Crippen MR) is 72.3 cm³/mol. The zero-order valence-corrected chi connectivity index (χ0v) is 11.0. The molecule has 2 aromatic rings. The standard InChI is InChI=1S/C13H11N3O2S/c1-16-12(17)9-3-2-8(6-10(9)13(16)18)15-7-11-14-4-5-19-11/h2-6,15H,7H2,1H3. The normalized spacial score (nSPS) is 13.8. The van der Waals surface area contributed by atoms with Crippen molar-refractivity contribution in [2.45, 2.75) is 6.54 Å². The lowest BCUT2D eigenvalue weighted by Gasteiger charge is -2.05. The summed E-state index contributed by atoms with van der Waals surface area (Å²) in [5, 5.41) is 6.08. The van der Waals surface area contributed by atoms with Gasteiger partial charge in [0, 0.05) is 24.3 Å². The van der Waals surface area contributed by atoms with Crippen molar-refractivity contribution in [2.75, 3.05) is 12.4 Å². The van der Waals surface area contributed by atoms with Gasteiger partial charge in [-0.25, -0.2) is 4.98 Å². The van der Waals surface area contributed by atoms with Crippen LogP contribution in [0, 0.1) is 0 Å². The third-order valence-corrected chi connectivity index (χ3v) is 3.80. The van der Waals surface area contributed by atoms with Crippen LogP contribution in [0.2, 0.25) is 0 Å². The summed E-state index contributed by atoms with van der Waals surface area (Å²) >= 11 is 1.57. The molecule has 0 saturated heterocycles. The van der Waals surface area contributed by atoms with E-state index in [-0.39, 0.29) is 11.8 Å². The van der Waals surface area contributed by atoms with E-state index in [1.54, 1.807) is 35.7 Å². The van der Waals surface area contributed by atoms with Crippen molar-refractivity contribution in [1.82, 2.24) is 9.88 Å². The average molecular weight is 273 g/mol. The molecule has 0 atom stereocenters. The van der Waals surface area contributed by atoms with Gasteiger partial charge in [0.1, 0.15) is 5.01 Å². The number of nitrogens with one attached hydrogen (secondary N) is 1. The fourth-order valence-electron chi connectivity index (χ4n) is 1.99. The lowest BCUT2D eigenvalue weighted by molar-refractivity contribution is 0.0693. The van der Waals surface area contributed by atoms with Crippen LogP contribution in [-0.4, -0.2) is 28.7 Å². The summed E-state index contributed by atoms with van der Waals surface area (Å²) in [4.78, 5) is 28.9. The molecule has 0 saturated carbocycles. The molecule has 1 N–H and O–H groups in total. The number of thiazole rings is 1. The summed E-state index contributed by atoms with van der Waals surface area (Å²) in [7, 11) is 1.49. The van der Waals surface area contributed by atoms with E-state index in [2.05, 4.69) is 10.3 Å². The van der Waals surface area contributed by atoms with E-state index in [9.17, 15) is 9.59 Å². The average Bonchev–Trinajstić information content (AvgIpc) is 3.01. The first-order valence-electron chi connectivity index (χ1n) is 5.75. The lowest BCUT2D eigenvalue weighted by Crippen LogP contribution is -2.24. The second kappa shape index (κ2) is 4.47. The van der Waals surface area contributed by atoms with Gasteiger partial charge in [0.05, 0.1) is 17.7 Å². The van der Waals surface area contributed by atoms with Gasteiger partial charge in [-0.3, -0.25) is 14.5 Å². The number of hydrogen-bond donors (Lipinski definition) is 1. The molecule has 1 aliphatic rings. The molecule has 0 radical (unpaired) electrons. The summed E-state index contributed by atoms with van der Waals surface area (Å²) in [6, 6.07) is 5.20. The minimum atomic E-state index is -0.252. The minimum absolute atomic E-state index is 0.244. The van der Waals surface area contributed by atoms with Crippen LogP contribution in [-0.2, 0) is 6.54 Å². The monoisotopic (exact) mass is 273 g/mol. The Morgan fingerprint density at radius 1 is 1.26 bits per heavy atom. The Bertz CT molecular complexity index is 652. The quantitative estimate of drug-likeness (QED) is 0.869. The number of aromatic nitrogens is 1. The first-order valence-corrected chi connectivity index (χ1v) is 6.63. The maximum atomic E-state index is 11.9. The smallest absolute Gasteiger partial charge is 0.261 e. The molecular weight excluding hydrogens is 262 g/mol. The zero-order valence-electron chi connectivity index (χ0n) is 10.2. The predicted octanol–water partition coefficient (Wildman–Crippen LogP) is 1.98. The lowest BCUT2D eigenvalue weighted by atomic mass is 10.1. The number of carbonyl (C=O) groups excluding carboxylic acids is 2. The highest BCUT2D eigenvalue weighted by molar-refractivity contribution is 7.09. The van der Waals surface area contributed by atoms with Crippen molar-refractivity contribution in [1.29, 1.82) is 0 Å². The van der Waals surface area contributed by atoms with Crippen molar-refractivity contribution >= 4 is 28.8 Å². The van der Waals surface area contributed by atoms with Gasteiger partial charge in [-0.1, -0.05) is 0 Å². The molecule has 1 aromatic carbocycles. The molecule has 3 rings (SSSR count). The number of nitrogens with zero attached hydrogens (tertiary/aromatic N) is 2. The Kier molecular flexibility index (Phi) is 2.79. The highest BCUT2D eigenvalue weighted by Crippen LogP contribution is 2.25. The summed E-state index contributed by atoms with van der Waals surface area (Å²) in [6.45, 7) is 0.606. The first-order chi connectivity index (χ1) is 9.16. The molecule has 0 unspecified atom stereocenters. The summed E-state index contributed by atoms with van der Waals surface area (Å²) in [5.41, 5.74) is 1.73. The molecule has 6 heteroatoms. The van der Waals surface area contributed by atoms with Gasteiger partial charge in [-0.15, -0.1) is 11.3 Å². The van der Waals surface area contributed by atoms with E-state index in [1.165, 1.54) is 7.05 Å². The van der Waals surface area contributed by atoms with E-state index in [4.69, 9.17) is 0 Å². The van der Waals surface area contributed by atoms with Crippen LogP contribution in [0.4, 0.5) is 5.69 Å². The zero-order chi connectivity index (χ0) is 13.4. The molecule has 19 heavy (non-hydrogen) atoms. The Morgan fingerprint density at radius 2 is 2.05 bits per heavy atom. The molecule has 1 aromatic heterocycles. The largest absolute Gasteiger partial charge is 0.379 e. The second-order valence-electron chi connectivity index (χ2n) is 4.21. The van der Waals surface area contributed by atoms with Gasteiger partial charge >= 0.3 is 0 Å². The van der Waals surface area contributed by atoms with Crippen molar-refractivity contribution < 1.29 is 9.59 Å². The van der Waals surface area contributed by atoms with Gasteiger partial charge in [-0.2, -0.15) is 0 Å². The van der Waals surface area contributed by atoms with Crippen LogP contribution in [0.15, 0.2) is 29.8 Å². The Labute approximate surface area is 113 Å². The second-order valence-corrected chi connectivity index (χ2v) is 5.19. The summed E-state index contributed by atoms with van der Waals surface area (Å²) in [5.74, 6) is -0.496. The molecule has 5 nitrogen and oxygen atoms in total. The molecule has 2 heterocycles. The number of carbonyl (C=O) groups is 2. The first kappa shape index (κ1) is 11.9. The molecule has 0 spiro atoms. The fraction of sp³-hybridized carbons (Fsp3) is 0.154. The molecular formula is C13H11N3O2S. The number of hydrogen-bond acceptors (Lipinski definition) is 5. The van der Waals surface area contributed by atoms with E-state index >= 15 is 0 Å². The van der Waals surface area contributed by atoms with E-state index in [0.717, 1.165) is 15.6 Å². The SMILES string of the molecule is CN1C(=O)c2ccc(NCc3nccs3)cc2C1=O. The number of amides is 2. The number of anilines is 1. The van der Waals surface area contributed by atoms with E-state index in [1.807, 2.05) is 5.38 Å². The number of fused-ring (bicyclic) bond motifs is 1. The maximum Gasteiger partial charge on any atom is 0.261 e. The highest BCUT2D eigenvalue weighted by Gasteiger charge is 2.32. The van der Waals surface area contributed by atoms with E-state index in [0.29, 0.717) is 17.7 Å². The summed E-state index contributed by atoms with van der Waals surface area (Å²) in [6.07, 6.45) is 1.75. The van der Waals surface area contributed by atoms with Crippen molar-refractivity contribution in [3.05, 3.63) is 45.9 Å². The molecule has 0 fully saturated rings. The number of benzene rings is 1. The van der Waals surface area contributed by atoms with Crippen molar-refractivity contribution in [3.63, 3.8) is 0 Å². The van der Waals surface area contributed by atoms with Gasteiger partial charge in [0.15, 0.2) is 0 Å². The van der Waals surface area contributed by atoms with Crippen LogP contribution in [0.3, 0.4) is 0 Å². The summed E-state index contributed by atoms with van der Waals surface area (Å²) < 4.78 is 0. The van der Waals surface area contributed by atoms with Crippen LogP contribution in [0.5, 0.6) is 0 Å². The maximum absolute atomic E-state index is 11.9. The Hall–Kier alpha value is -2.21. The Morgan fingerprint density at radius 3 is 2.79 bits per heavy atom. The van der Waals surface area contributed by atoms with Crippen LogP contribution in [0.25, 0.3) is 0 Å². The van der Waals surface area contributed by atoms with Gasteiger partial charge in [-0.05, 0) is 18.2 Å². The molecule has 0 aliphatic carbocycles. The van der Waals surface area contributed by atoms with Gasteiger partial charge in [0.2, 0.25) is 0 Å². The fourth-order valence-corrected chi connectivity index (χ4v) is 2.55. The van der Waals surface area contributed by atoms with Crippen molar-refractivity contribution in [2.24, 2.45) is 0 Å². The highest BCUT2D eigenvalue weighted by atomic mass is 32.1. The number of imide groups is 1. The van der Waals surface area contributed by atoms with Gasteiger partial charge in [0.25, 0.3) is 11.8 Å². The molecule has 2 amide bonds. The topological polar surface area (TPSA) is 62.3 Å². The Balaban J connectivity index is 1.83. The van der Waals surface area contributed by atoms with Crippen molar-refractivity contribution in [3.8, 4) is 0 Å². The number of rotatable bonds is 3. The van der Waals surface area contributed by atoms with Crippen LogP contribution >= 0.6 is 11.3 Å². The van der Waals surface area contributed by atoms with Gasteiger partial charge < -0.3 is 5.32 Å². The molecule has 1 aliphatic heterocycles. The van der Waals surface area contributed by atoms with E-state index < -0.39 is 0 Å². The molecule has 0 bridgehead atoms. The van der Waals surface area contributed by atoms with Crippen LogP contribution < -0.4 is 5.32 Å². The minimum Gasteiger partial charge on any atom is -0.379 e. The van der Waals surface area contributed by atoms with Crippen LogP contribution in [0.1, 0.15) is 25.7 Å².